The minimum Gasteiger partial charge on any atom is -0.478 e. The van der Waals surface area contributed by atoms with Crippen molar-refractivity contribution >= 4 is 27.7 Å². The number of carbonyl (C=O) groups is 1. The molecule has 0 radical (unpaired) electrons. The van der Waals surface area contributed by atoms with Crippen LogP contribution in [0.2, 0.25) is 0 Å². The number of ether oxygens (including phenoxy) is 1. The third-order valence-corrected chi connectivity index (χ3v) is 3.82. The largest absolute Gasteiger partial charge is 0.478 e. The van der Waals surface area contributed by atoms with Gasteiger partial charge in [-0.1, -0.05) is 19.3 Å². The molecule has 1 fully saturated rings. The van der Waals surface area contributed by atoms with Gasteiger partial charge in [0, 0.05) is 17.2 Å². The molecule has 2 N–H and O–H groups in total. The highest BCUT2D eigenvalue weighted by Crippen LogP contribution is 2.20. The van der Waals surface area contributed by atoms with Crippen molar-refractivity contribution in [2.75, 3.05) is 18.5 Å². The number of pyridine rings is 1. The number of carboxylic acid groups (broad SMARTS) is 1. The summed E-state index contributed by atoms with van der Waals surface area (Å²) in [6.07, 6.45) is 8.01. The molecule has 20 heavy (non-hydrogen) atoms. The van der Waals surface area contributed by atoms with E-state index in [1.54, 1.807) is 12.3 Å². The van der Waals surface area contributed by atoms with E-state index in [2.05, 4.69) is 26.2 Å². The van der Waals surface area contributed by atoms with Gasteiger partial charge < -0.3 is 15.2 Å². The van der Waals surface area contributed by atoms with Crippen molar-refractivity contribution in [3.05, 3.63) is 22.3 Å². The Balaban J connectivity index is 1.80. The molecule has 0 aromatic carbocycles. The van der Waals surface area contributed by atoms with Crippen molar-refractivity contribution in [3.63, 3.8) is 0 Å². The second kappa shape index (κ2) is 7.59. The van der Waals surface area contributed by atoms with Crippen LogP contribution in [-0.2, 0) is 4.74 Å². The van der Waals surface area contributed by atoms with Gasteiger partial charge in [-0.2, -0.15) is 0 Å². The van der Waals surface area contributed by atoms with Gasteiger partial charge >= 0.3 is 5.97 Å². The first-order chi connectivity index (χ1) is 9.66. The van der Waals surface area contributed by atoms with Crippen molar-refractivity contribution in [2.24, 2.45) is 0 Å². The maximum atomic E-state index is 11.1. The standard InChI is InChI=1S/C14H19BrN2O3/c15-10-8-12(14(18)19)13(17-9-10)16-6-7-20-11-4-2-1-3-5-11/h8-9,11H,1-7H2,(H,16,17)(H,18,19). The van der Waals surface area contributed by atoms with Gasteiger partial charge in [-0.3, -0.25) is 0 Å². The van der Waals surface area contributed by atoms with E-state index >= 15 is 0 Å². The Morgan fingerprint density at radius 3 is 2.90 bits per heavy atom. The van der Waals surface area contributed by atoms with Crippen LogP contribution in [0.4, 0.5) is 5.82 Å². The van der Waals surface area contributed by atoms with Gasteiger partial charge in [0.25, 0.3) is 0 Å². The Hall–Kier alpha value is -1.14. The lowest BCUT2D eigenvalue weighted by atomic mass is 9.98. The minimum atomic E-state index is -0.991. The molecular weight excluding hydrogens is 324 g/mol. The maximum absolute atomic E-state index is 11.1. The van der Waals surface area contributed by atoms with Crippen LogP contribution in [0.3, 0.4) is 0 Å². The average Bonchev–Trinajstić information content (AvgIpc) is 2.45. The molecule has 1 aliphatic carbocycles. The molecule has 1 aliphatic rings. The topological polar surface area (TPSA) is 71.5 Å². The summed E-state index contributed by atoms with van der Waals surface area (Å²) in [7, 11) is 0. The Labute approximate surface area is 126 Å². The van der Waals surface area contributed by atoms with Gasteiger partial charge in [0.1, 0.15) is 11.4 Å². The van der Waals surface area contributed by atoms with Gasteiger partial charge in [-0.05, 0) is 34.8 Å². The van der Waals surface area contributed by atoms with Crippen LogP contribution in [0.1, 0.15) is 42.5 Å². The van der Waals surface area contributed by atoms with E-state index in [1.807, 2.05) is 0 Å². The lowest BCUT2D eigenvalue weighted by Crippen LogP contribution is -2.21. The van der Waals surface area contributed by atoms with Crippen LogP contribution in [0, 0.1) is 0 Å². The molecule has 0 spiro atoms. The van der Waals surface area contributed by atoms with E-state index < -0.39 is 5.97 Å². The van der Waals surface area contributed by atoms with Crippen LogP contribution < -0.4 is 5.32 Å². The summed E-state index contributed by atoms with van der Waals surface area (Å²) in [6.45, 7) is 1.13. The molecule has 0 atom stereocenters. The number of aromatic nitrogens is 1. The van der Waals surface area contributed by atoms with Crippen LogP contribution in [0.15, 0.2) is 16.7 Å². The van der Waals surface area contributed by atoms with Gasteiger partial charge in [0.2, 0.25) is 0 Å². The normalized spacial score (nSPS) is 16.1. The second-order valence-electron chi connectivity index (χ2n) is 4.91. The predicted octanol–water partition coefficient (Wildman–Crippen LogP) is 3.30. The van der Waals surface area contributed by atoms with Crippen molar-refractivity contribution in [3.8, 4) is 0 Å². The minimum absolute atomic E-state index is 0.164. The zero-order valence-corrected chi connectivity index (χ0v) is 12.9. The maximum Gasteiger partial charge on any atom is 0.339 e. The summed E-state index contributed by atoms with van der Waals surface area (Å²) in [4.78, 5) is 15.2. The molecule has 1 aromatic rings. The van der Waals surface area contributed by atoms with Crippen LogP contribution >= 0.6 is 15.9 Å². The zero-order chi connectivity index (χ0) is 14.4. The number of aromatic carboxylic acids is 1. The Kier molecular flexibility index (Phi) is 5.79. The highest BCUT2D eigenvalue weighted by molar-refractivity contribution is 9.10. The van der Waals surface area contributed by atoms with E-state index in [1.165, 1.54) is 19.3 Å². The molecule has 2 rings (SSSR count). The quantitative estimate of drug-likeness (QED) is 0.776. The fourth-order valence-electron chi connectivity index (χ4n) is 2.37. The number of hydrogen-bond acceptors (Lipinski definition) is 4. The third kappa shape index (κ3) is 4.45. The van der Waals surface area contributed by atoms with E-state index in [0.29, 0.717) is 29.5 Å². The molecule has 0 saturated heterocycles. The van der Waals surface area contributed by atoms with E-state index in [0.717, 1.165) is 12.8 Å². The molecular formula is C14H19BrN2O3. The Morgan fingerprint density at radius 2 is 2.20 bits per heavy atom. The van der Waals surface area contributed by atoms with Gasteiger partial charge in [0.05, 0.1) is 12.7 Å². The first kappa shape index (κ1) is 15.3. The molecule has 1 heterocycles. The number of nitrogens with one attached hydrogen (secondary N) is 1. The first-order valence-corrected chi connectivity index (χ1v) is 7.70. The number of carboxylic acids is 1. The molecule has 1 aromatic heterocycles. The van der Waals surface area contributed by atoms with Crippen LogP contribution in [0.25, 0.3) is 0 Å². The Bertz CT molecular complexity index is 462. The lowest BCUT2D eigenvalue weighted by molar-refractivity contribution is 0.0347. The number of halogens is 1. The number of rotatable bonds is 6. The fourth-order valence-corrected chi connectivity index (χ4v) is 2.70. The number of nitrogens with zero attached hydrogens (tertiary/aromatic N) is 1. The molecule has 6 heteroatoms. The summed E-state index contributed by atoms with van der Waals surface area (Å²) in [6, 6.07) is 1.54. The molecule has 1 saturated carbocycles. The van der Waals surface area contributed by atoms with Gasteiger partial charge in [-0.25, -0.2) is 9.78 Å². The third-order valence-electron chi connectivity index (χ3n) is 3.38. The number of anilines is 1. The average molecular weight is 343 g/mol. The summed E-state index contributed by atoms with van der Waals surface area (Å²) in [5, 5.41) is 12.1. The van der Waals surface area contributed by atoms with E-state index in [9.17, 15) is 4.79 Å². The molecule has 0 bridgehead atoms. The summed E-state index contributed by atoms with van der Waals surface area (Å²) < 4.78 is 6.43. The smallest absolute Gasteiger partial charge is 0.339 e. The predicted molar refractivity (Wildman–Crippen MR) is 80.2 cm³/mol. The fraction of sp³-hybridized carbons (Fsp3) is 0.571. The van der Waals surface area contributed by atoms with Crippen molar-refractivity contribution < 1.29 is 14.6 Å². The SMILES string of the molecule is O=C(O)c1cc(Br)cnc1NCCOC1CCCCC1. The summed E-state index contributed by atoms with van der Waals surface area (Å²) in [5.74, 6) is -0.609. The van der Waals surface area contributed by atoms with Crippen molar-refractivity contribution in [2.45, 2.75) is 38.2 Å². The van der Waals surface area contributed by atoms with E-state index in [-0.39, 0.29) is 5.56 Å². The summed E-state index contributed by atoms with van der Waals surface area (Å²) >= 11 is 3.22. The molecule has 110 valence electrons. The van der Waals surface area contributed by atoms with Gasteiger partial charge in [0.15, 0.2) is 0 Å². The van der Waals surface area contributed by atoms with Crippen LogP contribution in [-0.4, -0.2) is 35.3 Å². The molecule has 0 unspecified atom stereocenters. The zero-order valence-electron chi connectivity index (χ0n) is 11.3. The highest BCUT2D eigenvalue weighted by Gasteiger charge is 2.14. The molecule has 0 aliphatic heterocycles. The summed E-state index contributed by atoms with van der Waals surface area (Å²) in [5.41, 5.74) is 0.164. The molecule has 0 amide bonds. The molecule has 5 nitrogen and oxygen atoms in total. The Morgan fingerprint density at radius 1 is 1.45 bits per heavy atom. The highest BCUT2D eigenvalue weighted by atomic mass is 79.9. The first-order valence-electron chi connectivity index (χ1n) is 6.91. The van der Waals surface area contributed by atoms with Crippen LogP contribution in [0.5, 0.6) is 0 Å². The van der Waals surface area contributed by atoms with Crippen molar-refractivity contribution in [1.29, 1.82) is 0 Å². The monoisotopic (exact) mass is 342 g/mol. The van der Waals surface area contributed by atoms with Gasteiger partial charge in [-0.15, -0.1) is 0 Å². The second-order valence-corrected chi connectivity index (χ2v) is 5.83. The lowest BCUT2D eigenvalue weighted by Gasteiger charge is -2.22. The van der Waals surface area contributed by atoms with E-state index in [4.69, 9.17) is 9.84 Å². The number of hydrogen-bond donors (Lipinski definition) is 2. The van der Waals surface area contributed by atoms with Crippen molar-refractivity contribution in [1.82, 2.24) is 4.98 Å².